The average molecular weight is 291 g/mol. The summed E-state index contributed by atoms with van der Waals surface area (Å²) in [5.41, 5.74) is 0.445. The van der Waals surface area contributed by atoms with E-state index in [0.29, 0.717) is 23.4 Å². The molecule has 3 N–H and O–H groups in total. The van der Waals surface area contributed by atoms with E-state index in [9.17, 15) is 9.50 Å². The largest absolute Gasteiger partial charge is 0.507 e. The number of H-pyrrole nitrogens is 1. The van der Waals surface area contributed by atoms with Crippen molar-refractivity contribution in [3.8, 4) is 17.1 Å². The van der Waals surface area contributed by atoms with Crippen molar-refractivity contribution in [1.82, 2.24) is 20.5 Å². The summed E-state index contributed by atoms with van der Waals surface area (Å²) < 4.78 is 13.0. The second-order valence-electron chi connectivity index (χ2n) is 5.20. The molecule has 1 aromatic heterocycles. The summed E-state index contributed by atoms with van der Waals surface area (Å²) in [6.07, 6.45) is 2.09. The monoisotopic (exact) mass is 291 g/mol. The Hall–Kier alpha value is -2.15. The fraction of sp³-hybridized carbons (Fsp3) is 0.429. The summed E-state index contributed by atoms with van der Waals surface area (Å²) in [6, 6.07) is 4.38. The lowest BCUT2D eigenvalue weighted by molar-refractivity contribution is 0.439. The molecule has 0 bridgehead atoms. The van der Waals surface area contributed by atoms with Gasteiger partial charge in [0.05, 0.1) is 5.56 Å². The van der Waals surface area contributed by atoms with Gasteiger partial charge in [0.15, 0.2) is 5.82 Å². The maximum absolute atomic E-state index is 13.0. The molecule has 3 rings (SSSR count). The summed E-state index contributed by atoms with van der Waals surface area (Å²) in [6.45, 7) is 1.77. The second-order valence-corrected chi connectivity index (χ2v) is 5.20. The summed E-state index contributed by atoms with van der Waals surface area (Å²) in [5.74, 6) is 0.429. The molecule has 21 heavy (non-hydrogen) atoms. The molecule has 1 aromatic carbocycles. The van der Waals surface area contributed by atoms with Crippen molar-refractivity contribution in [2.45, 2.75) is 18.9 Å². The molecule has 1 saturated heterocycles. The van der Waals surface area contributed by atoms with Crippen LogP contribution in [-0.4, -0.2) is 46.5 Å². The Morgan fingerprint density at radius 1 is 1.38 bits per heavy atom. The van der Waals surface area contributed by atoms with Crippen molar-refractivity contribution < 1.29 is 9.50 Å². The van der Waals surface area contributed by atoms with E-state index in [4.69, 9.17) is 0 Å². The molecule has 1 fully saturated rings. The zero-order valence-corrected chi connectivity index (χ0v) is 11.8. The van der Waals surface area contributed by atoms with Crippen molar-refractivity contribution in [2.24, 2.45) is 0 Å². The molecule has 0 aliphatic carbocycles. The molecule has 0 unspecified atom stereocenters. The highest BCUT2D eigenvalue weighted by molar-refractivity contribution is 5.64. The molecule has 112 valence electrons. The Bertz CT molecular complexity index is 622. The Kier molecular flexibility index (Phi) is 3.74. The SMILES string of the molecule is CNC1CCN(c2n[nH]c(-c3ccc(F)cc3O)n2)CC1. The van der Waals surface area contributed by atoms with Crippen LogP contribution in [0.15, 0.2) is 18.2 Å². The van der Waals surface area contributed by atoms with E-state index in [2.05, 4.69) is 25.4 Å². The van der Waals surface area contributed by atoms with Gasteiger partial charge in [-0.25, -0.2) is 4.39 Å². The number of aromatic nitrogens is 3. The number of aromatic hydroxyl groups is 1. The molecule has 2 heterocycles. The van der Waals surface area contributed by atoms with Gasteiger partial charge >= 0.3 is 0 Å². The van der Waals surface area contributed by atoms with Gasteiger partial charge in [0.2, 0.25) is 5.95 Å². The number of nitrogens with one attached hydrogen (secondary N) is 2. The lowest BCUT2D eigenvalue weighted by Crippen LogP contribution is -2.41. The number of aromatic amines is 1. The highest BCUT2D eigenvalue weighted by atomic mass is 19.1. The van der Waals surface area contributed by atoms with E-state index < -0.39 is 5.82 Å². The minimum atomic E-state index is -0.481. The van der Waals surface area contributed by atoms with Crippen LogP contribution in [0.1, 0.15) is 12.8 Å². The molecular formula is C14H18FN5O. The molecule has 1 aliphatic rings. The number of phenols is 1. The van der Waals surface area contributed by atoms with E-state index in [1.165, 1.54) is 12.1 Å². The third kappa shape index (κ3) is 2.82. The zero-order chi connectivity index (χ0) is 14.8. The Morgan fingerprint density at radius 3 is 2.81 bits per heavy atom. The van der Waals surface area contributed by atoms with E-state index >= 15 is 0 Å². The Morgan fingerprint density at radius 2 is 2.14 bits per heavy atom. The zero-order valence-electron chi connectivity index (χ0n) is 11.8. The van der Waals surface area contributed by atoms with Gasteiger partial charge < -0.3 is 15.3 Å². The summed E-state index contributed by atoms with van der Waals surface area (Å²) in [4.78, 5) is 6.51. The summed E-state index contributed by atoms with van der Waals surface area (Å²) >= 11 is 0. The number of hydrogen-bond acceptors (Lipinski definition) is 5. The number of hydrogen-bond donors (Lipinski definition) is 3. The minimum absolute atomic E-state index is 0.147. The summed E-state index contributed by atoms with van der Waals surface area (Å²) in [7, 11) is 1.97. The molecular weight excluding hydrogens is 273 g/mol. The van der Waals surface area contributed by atoms with Crippen LogP contribution >= 0.6 is 0 Å². The fourth-order valence-corrected chi connectivity index (χ4v) is 2.59. The van der Waals surface area contributed by atoms with E-state index in [1.807, 2.05) is 7.05 Å². The number of piperidine rings is 1. The highest BCUT2D eigenvalue weighted by Gasteiger charge is 2.21. The highest BCUT2D eigenvalue weighted by Crippen LogP contribution is 2.28. The molecule has 0 spiro atoms. The van der Waals surface area contributed by atoms with Gasteiger partial charge in [0.25, 0.3) is 0 Å². The van der Waals surface area contributed by atoms with Gasteiger partial charge in [0, 0.05) is 25.2 Å². The first-order valence-electron chi connectivity index (χ1n) is 7.01. The predicted molar refractivity (Wildman–Crippen MR) is 77.7 cm³/mol. The molecule has 1 aliphatic heterocycles. The molecule has 0 amide bonds. The quantitative estimate of drug-likeness (QED) is 0.799. The van der Waals surface area contributed by atoms with E-state index in [0.717, 1.165) is 32.0 Å². The molecule has 0 saturated carbocycles. The first-order chi connectivity index (χ1) is 10.2. The minimum Gasteiger partial charge on any atom is -0.507 e. The van der Waals surface area contributed by atoms with Gasteiger partial charge in [-0.05, 0) is 32.0 Å². The van der Waals surface area contributed by atoms with Crippen molar-refractivity contribution in [3.63, 3.8) is 0 Å². The topological polar surface area (TPSA) is 77.1 Å². The van der Waals surface area contributed by atoms with Crippen LogP contribution in [0.25, 0.3) is 11.4 Å². The van der Waals surface area contributed by atoms with Crippen LogP contribution in [0.2, 0.25) is 0 Å². The Balaban J connectivity index is 1.77. The van der Waals surface area contributed by atoms with Crippen molar-refractivity contribution in [1.29, 1.82) is 0 Å². The molecule has 6 nitrogen and oxygen atoms in total. The van der Waals surface area contributed by atoms with Crippen molar-refractivity contribution in [3.05, 3.63) is 24.0 Å². The van der Waals surface area contributed by atoms with Crippen LogP contribution in [0.3, 0.4) is 0 Å². The third-order valence-electron chi connectivity index (χ3n) is 3.87. The predicted octanol–water partition coefficient (Wildman–Crippen LogP) is 1.50. The van der Waals surface area contributed by atoms with Crippen LogP contribution in [-0.2, 0) is 0 Å². The number of halogens is 1. The molecule has 0 atom stereocenters. The third-order valence-corrected chi connectivity index (χ3v) is 3.87. The first-order valence-corrected chi connectivity index (χ1v) is 7.01. The average Bonchev–Trinajstić information content (AvgIpc) is 2.97. The summed E-state index contributed by atoms with van der Waals surface area (Å²) in [5, 5.41) is 20.1. The van der Waals surface area contributed by atoms with E-state index in [1.54, 1.807) is 0 Å². The van der Waals surface area contributed by atoms with Crippen LogP contribution in [0.4, 0.5) is 10.3 Å². The van der Waals surface area contributed by atoms with Crippen molar-refractivity contribution >= 4 is 5.95 Å². The smallest absolute Gasteiger partial charge is 0.245 e. The number of rotatable bonds is 3. The van der Waals surface area contributed by atoms with E-state index in [-0.39, 0.29) is 5.75 Å². The normalized spacial score (nSPS) is 16.4. The van der Waals surface area contributed by atoms with Crippen molar-refractivity contribution in [2.75, 3.05) is 25.0 Å². The van der Waals surface area contributed by atoms with Gasteiger partial charge in [-0.15, -0.1) is 5.10 Å². The van der Waals surface area contributed by atoms with Gasteiger partial charge in [-0.1, -0.05) is 0 Å². The molecule has 2 aromatic rings. The number of benzene rings is 1. The maximum atomic E-state index is 13.0. The standard InChI is InChI=1S/C14H18FN5O/c1-16-10-4-6-20(7-5-10)14-17-13(18-19-14)11-3-2-9(15)8-12(11)21/h2-3,8,10,16,21H,4-7H2,1H3,(H,17,18,19). The van der Waals surface area contributed by atoms with Gasteiger partial charge in [0.1, 0.15) is 11.6 Å². The fourth-order valence-electron chi connectivity index (χ4n) is 2.59. The number of anilines is 1. The maximum Gasteiger partial charge on any atom is 0.245 e. The van der Waals surface area contributed by atoms with Crippen LogP contribution in [0, 0.1) is 5.82 Å². The number of phenolic OH excluding ortho intramolecular Hbond substituents is 1. The van der Waals surface area contributed by atoms with Crippen LogP contribution < -0.4 is 10.2 Å². The van der Waals surface area contributed by atoms with Gasteiger partial charge in [-0.2, -0.15) is 4.98 Å². The first kappa shape index (κ1) is 13.8. The Labute approximate surface area is 122 Å². The second kappa shape index (κ2) is 5.69. The molecule has 0 radical (unpaired) electrons. The van der Waals surface area contributed by atoms with Crippen LogP contribution in [0.5, 0.6) is 5.75 Å². The lowest BCUT2D eigenvalue weighted by atomic mass is 10.1. The lowest BCUT2D eigenvalue weighted by Gasteiger charge is -2.30. The molecule has 7 heteroatoms. The number of nitrogens with zero attached hydrogens (tertiary/aromatic N) is 3. The van der Waals surface area contributed by atoms with Gasteiger partial charge in [-0.3, -0.25) is 5.10 Å².